The lowest BCUT2D eigenvalue weighted by Gasteiger charge is -2.00. The lowest BCUT2D eigenvalue weighted by Crippen LogP contribution is -2.03. The molecular weight excluding hydrogens is 338 g/mol. The van der Waals surface area contributed by atoms with Crippen LogP contribution in [0.1, 0.15) is 15.4 Å². The van der Waals surface area contributed by atoms with Crippen LogP contribution in [-0.2, 0) is 4.74 Å². The van der Waals surface area contributed by atoms with Crippen molar-refractivity contribution < 1.29 is 9.53 Å². The van der Waals surface area contributed by atoms with E-state index in [9.17, 15) is 4.79 Å². The number of aryl methyl sites for hydroxylation is 1. The first-order chi connectivity index (χ1) is 8.52. The van der Waals surface area contributed by atoms with Crippen molar-refractivity contribution in [1.82, 2.24) is 4.98 Å². The molecule has 6 heteroatoms. The molecular formula is C12H9BrClNO2S. The summed E-state index contributed by atoms with van der Waals surface area (Å²) in [4.78, 5) is 16.6. The summed E-state index contributed by atoms with van der Waals surface area (Å²) in [6.07, 6.45) is 0. The number of aromatic nitrogens is 1. The predicted molar refractivity (Wildman–Crippen MR) is 76.3 cm³/mol. The Morgan fingerprint density at radius 3 is 2.89 bits per heavy atom. The van der Waals surface area contributed by atoms with Gasteiger partial charge in [-0.3, -0.25) is 0 Å². The van der Waals surface area contributed by atoms with E-state index in [1.54, 1.807) is 6.07 Å². The van der Waals surface area contributed by atoms with Crippen molar-refractivity contribution in [3.8, 4) is 10.6 Å². The van der Waals surface area contributed by atoms with Crippen LogP contribution in [-0.4, -0.2) is 18.1 Å². The third kappa shape index (κ3) is 2.58. The van der Waals surface area contributed by atoms with Gasteiger partial charge in [0.05, 0.1) is 12.1 Å². The summed E-state index contributed by atoms with van der Waals surface area (Å²) in [6.45, 7) is 1.83. The van der Waals surface area contributed by atoms with E-state index in [4.69, 9.17) is 11.6 Å². The van der Waals surface area contributed by atoms with Gasteiger partial charge in [-0.15, -0.1) is 11.3 Å². The monoisotopic (exact) mass is 345 g/mol. The van der Waals surface area contributed by atoms with Gasteiger partial charge in [0.25, 0.3) is 0 Å². The molecule has 0 fully saturated rings. The Morgan fingerprint density at radius 2 is 2.22 bits per heavy atom. The zero-order chi connectivity index (χ0) is 13.3. The van der Waals surface area contributed by atoms with Crippen LogP contribution >= 0.6 is 38.9 Å². The summed E-state index contributed by atoms with van der Waals surface area (Å²) in [5, 5.41) is 1.31. The maximum atomic E-state index is 11.5. The first-order valence-electron chi connectivity index (χ1n) is 5.04. The maximum Gasteiger partial charge on any atom is 0.357 e. The highest BCUT2D eigenvalue weighted by molar-refractivity contribution is 9.10. The van der Waals surface area contributed by atoms with Crippen LogP contribution in [0.15, 0.2) is 22.7 Å². The molecule has 0 unspecified atom stereocenters. The predicted octanol–water partition coefficient (Wildman–Crippen LogP) is 4.32. The average Bonchev–Trinajstić information content (AvgIpc) is 2.73. The number of carbonyl (C=O) groups excluding carboxylic acids is 1. The van der Waals surface area contributed by atoms with Gasteiger partial charge in [0.15, 0.2) is 5.69 Å². The third-order valence-corrected chi connectivity index (χ3v) is 4.16. The van der Waals surface area contributed by atoms with Crippen LogP contribution < -0.4 is 0 Å². The molecule has 1 heterocycles. The first kappa shape index (κ1) is 13.5. The van der Waals surface area contributed by atoms with Crippen LogP contribution in [0.5, 0.6) is 0 Å². The topological polar surface area (TPSA) is 39.2 Å². The number of ether oxygens (including phenoxy) is 1. The summed E-state index contributed by atoms with van der Waals surface area (Å²) in [5.74, 6) is -0.430. The quantitative estimate of drug-likeness (QED) is 0.760. The molecule has 2 rings (SSSR count). The Hall–Kier alpha value is -0.910. The van der Waals surface area contributed by atoms with E-state index in [-0.39, 0.29) is 0 Å². The van der Waals surface area contributed by atoms with Crippen molar-refractivity contribution in [2.45, 2.75) is 6.92 Å². The summed E-state index contributed by atoms with van der Waals surface area (Å²) < 4.78 is 5.59. The summed E-state index contributed by atoms with van der Waals surface area (Å²) in [6, 6.07) is 5.52. The van der Waals surface area contributed by atoms with Crippen molar-refractivity contribution in [1.29, 1.82) is 0 Å². The summed E-state index contributed by atoms with van der Waals surface area (Å²) >= 11 is 10.9. The number of methoxy groups -OCH3 is 1. The Morgan fingerprint density at radius 1 is 1.50 bits per heavy atom. The fourth-order valence-corrected chi connectivity index (χ4v) is 3.01. The second-order valence-electron chi connectivity index (χ2n) is 3.54. The van der Waals surface area contributed by atoms with Gasteiger partial charge in [0.1, 0.15) is 5.01 Å². The molecule has 0 N–H and O–H groups in total. The van der Waals surface area contributed by atoms with E-state index >= 15 is 0 Å². The molecule has 0 aliphatic carbocycles. The molecule has 3 nitrogen and oxygen atoms in total. The number of carbonyl (C=O) groups is 1. The Kier molecular flexibility index (Phi) is 4.04. The summed E-state index contributed by atoms with van der Waals surface area (Å²) in [5.41, 5.74) is 1.14. The van der Waals surface area contributed by atoms with E-state index in [0.29, 0.717) is 15.7 Å². The third-order valence-electron chi connectivity index (χ3n) is 2.33. The fraction of sp³-hybridized carbons (Fsp3) is 0.167. The molecule has 0 saturated carbocycles. The Balaban J connectivity index is 2.52. The molecule has 0 atom stereocenters. The number of hydrogen-bond acceptors (Lipinski definition) is 4. The normalized spacial score (nSPS) is 10.4. The molecule has 18 heavy (non-hydrogen) atoms. The number of hydrogen-bond donors (Lipinski definition) is 0. The minimum atomic E-state index is -0.430. The van der Waals surface area contributed by atoms with Crippen LogP contribution in [0.25, 0.3) is 10.6 Å². The largest absolute Gasteiger partial charge is 0.464 e. The molecule has 0 bridgehead atoms. The highest BCUT2D eigenvalue weighted by Gasteiger charge is 2.18. The lowest BCUT2D eigenvalue weighted by molar-refractivity contribution is 0.0594. The van der Waals surface area contributed by atoms with Crippen LogP contribution in [0, 0.1) is 6.92 Å². The van der Waals surface area contributed by atoms with E-state index in [0.717, 1.165) is 14.9 Å². The van der Waals surface area contributed by atoms with Crippen molar-refractivity contribution >= 4 is 44.8 Å². The SMILES string of the molecule is COC(=O)c1nc(-c2cc(Br)ccc2Cl)sc1C. The van der Waals surface area contributed by atoms with Crippen molar-refractivity contribution in [3.05, 3.63) is 38.3 Å². The van der Waals surface area contributed by atoms with Gasteiger partial charge in [0, 0.05) is 14.9 Å². The van der Waals surface area contributed by atoms with Gasteiger partial charge in [0.2, 0.25) is 0 Å². The molecule has 0 aliphatic heterocycles. The van der Waals surface area contributed by atoms with E-state index in [1.165, 1.54) is 18.4 Å². The van der Waals surface area contributed by atoms with Crippen molar-refractivity contribution in [2.24, 2.45) is 0 Å². The number of halogens is 2. The Labute approximate surface area is 122 Å². The number of benzene rings is 1. The van der Waals surface area contributed by atoms with Gasteiger partial charge < -0.3 is 4.74 Å². The number of nitrogens with zero attached hydrogens (tertiary/aromatic N) is 1. The van der Waals surface area contributed by atoms with Crippen LogP contribution in [0.4, 0.5) is 0 Å². The molecule has 0 radical (unpaired) electrons. The smallest absolute Gasteiger partial charge is 0.357 e. The minimum Gasteiger partial charge on any atom is -0.464 e. The van der Waals surface area contributed by atoms with E-state index in [1.807, 2.05) is 19.1 Å². The van der Waals surface area contributed by atoms with Crippen LogP contribution in [0.2, 0.25) is 5.02 Å². The van der Waals surface area contributed by atoms with Gasteiger partial charge >= 0.3 is 5.97 Å². The van der Waals surface area contributed by atoms with Gasteiger partial charge in [-0.2, -0.15) is 0 Å². The number of esters is 1. The molecule has 1 aromatic heterocycles. The van der Waals surface area contributed by atoms with E-state index < -0.39 is 5.97 Å². The van der Waals surface area contributed by atoms with Gasteiger partial charge in [-0.05, 0) is 25.1 Å². The second kappa shape index (κ2) is 5.38. The second-order valence-corrected chi connectivity index (χ2v) is 6.07. The zero-order valence-electron chi connectivity index (χ0n) is 9.66. The molecule has 2 aromatic rings. The first-order valence-corrected chi connectivity index (χ1v) is 7.03. The molecule has 94 valence electrons. The van der Waals surface area contributed by atoms with Gasteiger partial charge in [-0.1, -0.05) is 27.5 Å². The highest BCUT2D eigenvalue weighted by atomic mass is 79.9. The van der Waals surface area contributed by atoms with Gasteiger partial charge in [-0.25, -0.2) is 9.78 Å². The minimum absolute atomic E-state index is 0.341. The van der Waals surface area contributed by atoms with E-state index in [2.05, 4.69) is 25.7 Å². The number of rotatable bonds is 2. The summed E-state index contributed by atoms with van der Waals surface area (Å²) in [7, 11) is 1.34. The highest BCUT2D eigenvalue weighted by Crippen LogP contribution is 2.34. The van der Waals surface area contributed by atoms with Crippen LogP contribution in [0.3, 0.4) is 0 Å². The molecule has 0 spiro atoms. The maximum absolute atomic E-state index is 11.5. The van der Waals surface area contributed by atoms with Crippen molar-refractivity contribution in [2.75, 3.05) is 7.11 Å². The zero-order valence-corrected chi connectivity index (χ0v) is 12.8. The Bertz CT molecular complexity index is 612. The van der Waals surface area contributed by atoms with Crippen molar-refractivity contribution in [3.63, 3.8) is 0 Å². The molecule has 0 aliphatic rings. The molecule has 1 aromatic carbocycles. The molecule has 0 saturated heterocycles. The lowest BCUT2D eigenvalue weighted by atomic mass is 10.2. The number of thiazole rings is 1. The standard InChI is InChI=1S/C12H9BrClNO2S/c1-6-10(12(16)17-2)15-11(18-6)8-5-7(13)3-4-9(8)14/h3-5H,1-2H3. The fourth-order valence-electron chi connectivity index (χ4n) is 1.46. The molecule has 0 amide bonds. The average molecular weight is 347 g/mol.